The molecule has 0 radical (unpaired) electrons. The predicted molar refractivity (Wildman–Crippen MR) is 91.2 cm³/mol. The largest absolute Gasteiger partial charge is 0.456 e. The quantitative estimate of drug-likeness (QED) is 0.610. The Labute approximate surface area is 145 Å². The zero-order chi connectivity index (χ0) is 17.6. The standard InChI is InChI=1S/C20H18FNO3/c1-14(15-7-9-17(21)10-8-15)11-20(23)24-13-19-22-12-18(25-19)16-5-3-2-4-6-16/h2-10,12,14H,11,13H2,1H3. The molecule has 0 N–H and O–H groups in total. The van der Waals surface area contributed by atoms with Crippen LogP contribution in [0.5, 0.6) is 0 Å². The van der Waals surface area contributed by atoms with Crippen molar-refractivity contribution in [1.82, 2.24) is 4.98 Å². The minimum absolute atomic E-state index is 0.0121. The van der Waals surface area contributed by atoms with Gasteiger partial charge in [0.25, 0.3) is 0 Å². The molecule has 3 aromatic rings. The van der Waals surface area contributed by atoms with E-state index in [1.807, 2.05) is 37.3 Å². The minimum Gasteiger partial charge on any atom is -0.456 e. The highest BCUT2D eigenvalue weighted by molar-refractivity contribution is 5.70. The van der Waals surface area contributed by atoms with Gasteiger partial charge in [-0.15, -0.1) is 0 Å². The summed E-state index contributed by atoms with van der Waals surface area (Å²) in [6.07, 6.45) is 1.82. The molecule has 0 aliphatic heterocycles. The van der Waals surface area contributed by atoms with Crippen LogP contribution in [0.25, 0.3) is 11.3 Å². The first kappa shape index (κ1) is 16.9. The highest BCUT2D eigenvalue weighted by atomic mass is 19.1. The van der Waals surface area contributed by atoms with Crippen LogP contribution in [-0.2, 0) is 16.1 Å². The Balaban J connectivity index is 1.52. The average Bonchev–Trinajstić information content (AvgIpc) is 3.10. The molecule has 1 heterocycles. The molecule has 1 atom stereocenters. The summed E-state index contributed by atoms with van der Waals surface area (Å²) in [5.74, 6) is 0.276. The molecule has 128 valence electrons. The Kier molecular flexibility index (Phi) is 5.23. The number of oxazole rings is 1. The van der Waals surface area contributed by atoms with Crippen molar-refractivity contribution in [1.29, 1.82) is 0 Å². The lowest BCUT2D eigenvalue weighted by Gasteiger charge is -2.10. The van der Waals surface area contributed by atoms with Gasteiger partial charge < -0.3 is 9.15 Å². The number of benzene rings is 2. The summed E-state index contributed by atoms with van der Waals surface area (Å²) in [5.41, 5.74) is 1.80. The SMILES string of the molecule is CC(CC(=O)OCc1ncc(-c2ccccc2)o1)c1ccc(F)cc1. The van der Waals surface area contributed by atoms with E-state index in [0.29, 0.717) is 11.7 Å². The van der Waals surface area contributed by atoms with Crippen LogP contribution >= 0.6 is 0 Å². The number of aromatic nitrogens is 1. The van der Waals surface area contributed by atoms with Crippen molar-refractivity contribution in [3.63, 3.8) is 0 Å². The molecule has 0 saturated heterocycles. The van der Waals surface area contributed by atoms with Gasteiger partial charge in [-0.25, -0.2) is 9.37 Å². The Bertz CT molecular complexity index is 828. The molecule has 0 saturated carbocycles. The molecule has 2 aromatic carbocycles. The zero-order valence-corrected chi connectivity index (χ0v) is 13.8. The maximum absolute atomic E-state index is 12.9. The fourth-order valence-corrected chi connectivity index (χ4v) is 2.47. The number of halogens is 1. The molecule has 4 nitrogen and oxygen atoms in total. The Morgan fingerprint density at radius 3 is 2.60 bits per heavy atom. The van der Waals surface area contributed by atoms with Gasteiger partial charge in [0.2, 0.25) is 5.89 Å². The number of carbonyl (C=O) groups excluding carboxylic acids is 1. The second-order valence-corrected chi connectivity index (χ2v) is 5.80. The summed E-state index contributed by atoms with van der Waals surface area (Å²) in [6, 6.07) is 15.7. The summed E-state index contributed by atoms with van der Waals surface area (Å²) >= 11 is 0. The second kappa shape index (κ2) is 7.75. The lowest BCUT2D eigenvalue weighted by atomic mass is 9.98. The third-order valence-corrected chi connectivity index (χ3v) is 3.88. The highest BCUT2D eigenvalue weighted by Gasteiger charge is 2.14. The van der Waals surface area contributed by atoms with Crippen LogP contribution in [0.15, 0.2) is 65.2 Å². The van der Waals surface area contributed by atoms with E-state index in [9.17, 15) is 9.18 Å². The first-order valence-corrected chi connectivity index (χ1v) is 8.03. The predicted octanol–water partition coefficient (Wildman–Crippen LogP) is 4.72. The lowest BCUT2D eigenvalue weighted by molar-refractivity contribution is -0.146. The normalized spacial score (nSPS) is 11.9. The molecule has 0 aliphatic carbocycles. The molecule has 0 fully saturated rings. The van der Waals surface area contributed by atoms with E-state index in [0.717, 1.165) is 11.1 Å². The molecule has 0 spiro atoms. The minimum atomic E-state index is -0.351. The molecule has 1 aromatic heterocycles. The van der Waals surface area contributed by atoms with Gasteiger partial charge in [-0.05, 0) is 23.6 Å². The summed E-state index contributed by atoms with van der Waals surface area (Å²) in [4.78, 5) is 16.1. The van der Waals surface area contributed by atoms with Crippen LogP contribution in [0.4, 0.5) is 4.39 Å². The smallest absolute Gasteiger partial charge is 0.306 e. The first-order valence-electron chi connectivity index (χ1n) is 8.03. The third-order valence-electron chi connectivity index (χ3n) is 3.88. The van der Waals surface area contributed by atoms with Gasteiger partial charge >= 0.3 is 5.97 Å². The maximum atomic E-state index is 12.9. The van der Waals surface area contributed by atoms with Gasteiger partial charge in [0.1, 0.15) is 5.82 Å². The number of esters is 1. The van der Waals surface area contributed by atoms with E-state index < -0.39 is 0 Å². The van der Waals surface area contributed by atoms with Crippen LogP contribution in [0, 0.1) is 5.82 Å². The first-order chi connectivity index (χ1) is 12.1. The van der Waals surface area contributed by atoms with Crippen LogP contribution in [0.2, 0.25) is 0 Å². The van der Waals surface area contributed by atoms with Crippen LogP contribution in [0.3, 0.4) is 0 Å². The van der Waals surface area contributed by atoms with Crippen molar-refractivity contribution in [2.75, 3.05) is 0 Å². The van der Waals surface area contributed by atoms with Crippen LogP contribution in [-0.4, -0.2) is 11.0 Å². The van der Waals surface area contributed by atoms with Crippen molar-refractivity contribution in [2.24, 2.45) is 0 Å². The Morgan fingerprint density at radius 2 is 1.88 bits per heavy atom. The summed E-state index contributed by atoms with van der Waals surface area (Å²) in [6.45, 7) is 1.88. The average molecular weight is 339 g/mol. The van der Waals surface area contributed by atoms with Crippen LogP contribution < -0.4 is 0 Å². The van der Waals surface area contributed by atoms with E-state index >= 15 is 0 Å². The number of rotatable bonds is 6. The van der Waals surface area contributed by atoms with Crippen molar-refractivity contribution in [3.05, 3.63) is 78.1 Å². The zero-order valence-electron chi connectivity index (χ0n) is 13.8. The maximum Gasteiger partial charge on any atom is 0.306 e. The number of hydrogen-bond donors (Lipinski definition) is 0. The van der Waals surface area contributed by atoms with E-state index in [-0.39, 0.29) is 30.7 Å². The molecular weight excluding hydrogens is 321 g/mol. The van der Waals surface area contributed by atoms with Crippen molar-refractivity contribution < 1.29 is 18.3 Å². The molecule has 3 rings (SSSR count). The van der Waals surface area contributed by atoms with E-state index in [2.05, 4.69) is 4.98 Å². The van der Waals surface area contributed by atoms with Gasteiger partial charge in [0, 0.05) is 5.56 Å². The van der Waals surface area contributed by atoms with Gasteiger partial charge in [-0.3, -0.25) is 4.79 Å². The van der Waals surface area contributed by atoms with Gasteiger partial charge in [-0.2, -0.15) is 0 Å². The molecule has 25 heavy (non-hydrogen) atoms. The molecule has 0 aliphatic rings. The molecular formula is C20H18FNO3. The Morgan fingerprint density at radius 1 is 1.16 bits per heavy atom. The fourth-order valence-electron chi connectivity index (χ4n) is 2.47. The topological polar surface area (TPSA) is 52.3 Å². The van der Waals surface area contributed by atoms with Crippen molar-refractivity contribution >= 4 is 5.97 Å². The molecule has 0 amide bonds. The molecule has 0 bridgehead atoms. The van der Waals surface area contributed by atoms with Crippen molar-refractivity contribution in [3.8, 4) is 11.3 Å². The lowest BCUT2D eigenvalue weighted by Crippen LogP contribution is -2.09. The summed E-state index contributed by atoms with van der Waals surface area (Å²) < 4.78 is 23.8. The van der Waals surface area contributed by atoms with E-state index in [1.54, 1.807) is 18.3 Å². The monoisotopic (exact) mass is 339 g/mol. The number of ether oxygens (including phenoxy) is 1. The Hall–Kier alpha value is -2.95. The van der Waals surface area contributed by atoms with Crippen LogP contribution in [0.1, 0.15) is 30.7 Å². The summed E-state index contributed by atoms with van der Waals surface area (Å²) in [7, 11) is 0. The molecule has 5 heteroatoms. The van der Waals surface area contributed by atoms with E-state index in [1.165, 1.54) is 12.1 Å². The third kappa shape index (κ3) is 4.53. The van der Waals surface area contributed by atoms with E-state index in [4.69, 9.17) is 9.15 Å². The number of hydrogen-bond acceptors (Lipinski definition) is 4. The van der Waals surface area contributed by atoms with Gasteiger partial charge in [-0.1, -0.05) is 49.4 Å². The highest BCUT2D eigenvalue weighted by Crippen LogP contribution is 2.22. The summed E-state index contributed by atoms with van der Waals surface area (Å²) in [5, 5.41) is 0. The van der Waals surface area contributed by atoms with Gasteiger partial charge in [0.05, 0.1) is 12.6 Å². The fraction of sp³-hybridized carbons (Fsp3) is 0.200. The van der Waals surface area contributed by atoms with Crippen molar-refractivity contribution in [2.45, 2.75) is 25.9 Å². The number of carbonyl (C=O) groups is 1. The van der Waals surface area contributed by atoms with Gasteiger partial charge in [0.15, 0.2) is 12.4 Å². The molecule has 1 unspecified atom stereocenters. The second-order valence-electron chi connectivity index (χ2n) is 5.80. The number of nitrogens with zero attached hydrogens (tertiary/aromatic N) is 1.